The predicted octanol–water partition coefficient (Wildman–Crippen LogP) is 5.38. The number of oxazole rings is 1. The van der Waals surface area contributed by atoms with Crippen LogP contribution in [0.15, 0.2) is 59.3 Å². The molecule has 0 aliphatic heterocycles. The highest BCUT2D eigenvalue weighted by atomic mass is 32.1. The van der Waals surface area contributed by atoms with Gasteiger partial charge in [-0.05, 0) is 23.8 Å². The first-order chi connectivity index (χ1) is 15.0. The van der Waals surface area contributed by atoms with E-state index in [2.05, 4.69) is 15.3 Å². The van der Waals surface area contributed by atoms with Crippen molar-refractivity contribution in [3.05, 3.63) is 88.6 Å². The Hall–Kier alpha value is -3.46. The van der Waals surface area contributed by atoms with Crippen LogP contribution < -0.4 is 5.32 Å². The van der Waals surface area contributed by atoms with Gasteiger partial charge in [-0.2, -0.15) is 0 Å². The average molecular weight is 443 g/mol. The highest BCUT2D eigenvalue weighted by molar-refractivity contribution is 7.15. The van der Waals surface area contributed by atoms with E-state index in [4.69, 9.17) is 4.42 Å². The van der Waals surface area contributed by atoms with Crippen molar-refractivity contribution in [1.82, 2.24) is 9.97 Å². The Balaban J connectivity index is 1.31. The Bertz CT molecular complexity index is 1220. The first-order valence-electron chi connectivity index (χ1n) is 9.36. The molecule has 4 rings (SSSR count). The number of hydrogen-bond donors (Lipinski definition) is 1. The van der Waals surface area contributed by atoms with Crippen LogP contribution in [0.2, 0.25) is 0 Å². The summed E-state index contributed by atoms with van der Waals surface area (Å²) >= 11 is 1.21. The van der Waals surface area contributed by atoms with Crippen LogP contribution in [0.5, 0.6) is 0 Å². The number of anilines is 1. The molecule has 5 nitrogen and oxygen atoms in total. The summed E-state index contributed by atoms with van der Waals surface area (Å²) in [6.07, 6.45) is 3.54. The Morgan fingerprint density at radius 1 is 1.03 bits per heavy atom. The summed E-state index contributed by atoms with van der Waals surface area (Å²) in [6, 6.07) is 9.61. The molecule has 2 heterocycles. The summed E-state index contributed by atoms with van der Waals surface area (Å²) in [5.74, 6) is -1.35. The number of nitrogens with one attached hydrogen (secondary N) is 1. The molecular weight excluding hydrogens is 427 g/mol. The minimum Gasteiger partial charge on any atom is -0.441 e. The maximum atomic E-state index is 13.8. The predicted molar refractivity (Wildman–Crippen MR) is 110 cm³/mol. The number of thiazole rings is 1. The van der Waals surface area contributed by atoms with Crippen molar-refractivity contribution in [2.75, 3.05) is 5.32 Å². The molecule has 0 bridgehead atoms. The van der Waals surface area contributed by atoms with E-state index in [1.807, 2.05) is 0 Å². The number of benzene rings is 2. The summed E-state index contributed by atoms with van der Waals surface area (Å²) in [6.45, 7) is 0. The van der Waals surface area contributed by atoms with Crippen LogP contribution in [0.4, 0.5) is 18.3 Å². The lowest BCUT2D eigenvalue weighted by atomic mass is 10.1. The summed E-state index contributed by atoms with van der Waals surface area (Å²) in [5.41, 5.74) is 0.649. The molecule has 0 saturated heterocycles. The quantitative estimate of drug-likeness (QED) is 0.417. The maximum absolute atomic E-state index is 13.8. The monoisotopic (exact) mass is 443 g/mol. The van der Waals surface area contributed by atoms with Gasteiger partial charge in [0.05, 0.1) is 11.8 Å². The lowest BCUT2D eigenvalue weighted by Gasteiger charge is -2.01. The number of halogens is 3. The molecule has 31 heavy (non-hydrogen) atoms. The standard InChI is InChI=1S/C22H16F3N3O2S/c23-14-6-5-13(18(25)10-14)9-15-11-27-22(31-15)28-20(29)7-8-21-26-12-19(30-21)16-3-1-2-4-17(16)24/h1-6,10-12H,7-9H2,(H,27,28,29). The molecule has 9 heteroatoms. The normalized spacial score (nSPS) is 10.9. The summed E-state index contributed by atoms with van der Waals surface area (Å²) in [4.78, 5) is 21.1. The summed E-state index contributed by atoms with van der Waals surface area (Å²) in [7, 11) is 0. The van der Waals surface area contributed by atoms with E-state index < -0.39 is 17.5 Å². The topological polar surface area (TPSA) is 68.0 Å². The smallest absolute Gasteiger partial charge is 0.226 e. The summed E-state index contributed by atoms with van der Waals surface area (Å²) in [5, 5.41) is 3.05. The molecule has 0 aliphatic rings. The van der Waals surface area contributed by atoms with E-state index in [1.165, 1.54) is 41.9 Å². The fourth-order valence-corrected chi connectivity index (χ4v) is 3.77. The fourth-order valence-electron chi connectivity index (χ4n) is 2.91. The number of hydrogen-bond acceptors (Lipinski definition) is 5. The second-order valence-electron chi connectivity index (χ2n) is 6.69. The Morgan fingerprint density at radius 2 is 1.87 bits per heavy atom. The van der Waals surface area contributed by atoms with Crippen molar-refractivity contribution in [3.63, 3.8) is 0 Å². The number of carbonyl (C=O) groups excluding carboxylic acids is 1. The SMILES string of the molecule is O=C(CCc1ncc(-c2ccccc2F)o1)Nc1ncc(Cc2ccc(F)cc2F)s1. The molecule has 0 unspecified atom stereocenters. The van der Waals surface area contributed by atoms with Gasteiger partial charge in [-0.15, -0.1) is 11.3 Å². The lowest BCUT2D eigenvalue weighted by Crippen LogP contribution is -2.12. The van der Waals surface area contributed by atoms with Crippen LogP contribution in [0.1, 0.15) is 22.8 Å². The van der Waals surface area contributed by atoms with Crippen molar-refractivity contribution in [1.29, 1.82) is 0 Å². The third-order valence-electron chi connectivity index (χ3n) is 4.44. The van der Waals surface area contributed by atoms with Gasteiger partial charge in [0.2, 0.25) is 5.91 Å². The zero-order chi connectivity index (χ0) is 21.8. The number of aromatic nitrogens is 2. The molecule has 2 aromatic carbocycles. The molecule has 2 aromatic heterocycles. The van der Waals surface area contributed by atoms with Gasteiger partial charge in [-0.25, -0.2) is 23.1 Å². The molecule has 4 aromatic rings. The Morgan fingerprint density at radius 3 is 2.68 bits per heavy atom. The third-order valence-corrected chi connectivity index (χ3v) is 5.35. The Labute approximate surface area is 179 Å². The number of nitrogens with zero attached hydrogens (tertiary/aromatic N) is 2. The van der Waals surface area contributed by atoms with E-state index in [1.54, 1.807) is 18.2 Å². The van der Waals surface area contributed by atoms with Crippen LogP contribution >= 0.6 is 11.3 Å². The van der Waals surface area contributed by atoms with Crippen molar-refractivity contribution >= 4 is 22.4 Å². The molecule has 0 atom stereocenters. The maximum Gasteiger partial charge on any atom is 0.226 e. The van der Waals surface area contributed by atoms with Gasteiger partial charge in [0.25, 0.3) is 0 Å². The van der Waals surface area contributed by atoms with Crippen LogP contribution in [0.3, 0.4) is 0 Å². The molecule has 0 saturated carbocycles. The van der Waals surface area contributed by atoms with Crippen molar-refractivity contribution in [2.24, 2.45) is 0 Å². The number of amides is 1. The second kappa shape index (κ2) is 9.13. The molecule has 0 radical (unpaired) electrons. The van der Waals surface area contributed by atoms with Gasteiger partial charge < -0.3 is 9.73 Å². The first-order valence-corrected chi connectivity index (χ1v) is 10.2. The van der Waals surface area contributed by atoms with E-state index in [0.717, 1.165) is 10.9 Å². The van der Waals surface area contributed by atoms with Gasteiger partial charge in [-0.3, -0.25) is 4.79 Å². The minimum atomic E-state index is -0.634. The van der Waals surface area contributed by atoms with Gasteiger partial charge in [0.1, 0.15) is 17.5 Å². The van der Waals surface area contributed by atoms with E-state index in [0.29, 0.717) is 27.9 Å². The third kappa shape index (κ3) is 5.18. The van der Waals surface area contributed by atoms with Crippen LogP contribution in [0.25, 0.3) is 11.3 Å². The molecular formula is C22H16F3N3O2S. The second-order valence-corrected chi connectivity index (χ2v) is 7.81. The zero-order valence-corrected chi connectivity index (χ0v) is 16.9. The van der Waals surface area contributed by atoms with Gasteiger partial charge in [0, 0.05) is 36.4 Å². The highest BCUT2D eigenvalue weighted by Crippen LogP contribution is 2.25. The van der Waals surface area contributed by atoms with Gasteiger partial charge in [0.15, 0.2) is 16.8 Å². The van der Waals surface area contributed by atoms with Crippen LogP contribution in [0, 0.1) is 17.5 Å². The average Bonchev–Trinajstić information content (AvgIpc) is 3.38. The largest absolute Gasteiger partial charge is 0.441 e. The van der Waals surface area contributed by atoms with E-state index >= 15 is 0 Å². The Kier molecular flexibility index (Phi) is 6.13. The molecule has 0 fully saturated rings. The number of rotatable bonds is 7. The van der Waals surface area contributed by atoms with Crippen LogP contribution in [-0.2, 0) is 17.6 Å². The molecule has 1 amide bonds. The van der Waals surface area contributed by atoms with Gasteiger partial charge in [-0.1, -0.05) is 18.2 Å². The van der Waals surface area contributed by atoms with Crippen molar-refractivity contribution in [2.45, 2.75) is 19.3 Å². The molecule has 0 aliphatic carbocycles. The first kappa shape index (κ1) is 20.8. The zero-order valence-electron chi connectivity index (χ0n) is 16.1. The molecule has 1 N–H and O–H groups in total. The number of aryl methyl sites for hydroxylation is 1. The van der Waals surface area contributed by atoms with Crippen LogP contribution in [-0.4, -0.2) is 15.9 Å². The van der Waals surface area contributed by atoms with Crippen molar-refractivity contribution < 1.29 is 22.4 Å². The highest BCUT2D eigenvalue weighted by Gasteiger charge is 2.13. The fraction of sp³-hybridized carbons (Fsp3) is 0.136. The number of carbonyl (C=O) groups is 1. The molecule has 0 spiro atoms. The van der Waals surface area contributed by atoms with Gasteiger partial charge >= 0.3 is 0 Å². The minimum absolute atomic E-state index is 0.0960. The summed E-state index contributed by atoms with van der Waals surface area (Å²) < 4.78 is 46.2. The van der Waals surface area contributed by atoms with E-state index in [-0.39, 0.29) is 25.2 Å². The van der Waals surface area contributed by atoms with E-state index in [9.17, 15) is 18.0 Å². The molecule has 158 valence electrons. The van der Waals surface area contributed by atoms with Crippen molar-refractivity contribution in [3.8, 4) is 11.3 Å². The lowest BCUT2D eigenvalue weighted by molar-refractivity contribution is -0.116.